The number of nitrogens with one attached hydrogen (secondary N) is 2. The Labute approximate surface area is 178 Å². The summed E-state index contributed by atoms with van der Waals surface area (Å²) in [6.07, 6.45) is 3.59. The maximum Gasteiger partial charge on any atom is 0.191 e. The van der Waals surface area contributed by atoms with E-state index in [2.05, 4.69) is 34.6 Å². The molecular weight excluding hydrogens is 479 g/mol. The summed E-state index contributed by atoms with van der Waals surface area (Å²) < 4.78 is 25.3. The largest absolute Gasteiger partial charge is 0.354 e. The van der Waals surface area contributed by atoms with Gasteiger partial charge in [0.15, 0.2) is 15.8 Å². The van der Waals surface area contributed by atoms with Crippen molar-refractivity contribution in [3.63, 3.8) is 0 Å². The number of rotatable bonds is 5. The predicted octanol–water partition coefficient (Wildman–Crippen LogP) is 1.29. The van der Waals surface area contributed by atoms with E-state index in [0.717, 1.165) is 43.4 Å². The standard InChI is InChI=1S/C17H30N6O2S.HI/c1-4-12(2)19-17(18-9-14-7-8-26(24,25)11-14)21-15-5-6-16-20-13(3)22-23(16)10-15;/h12,14-15H,4-11H2,1-3H3,(H2,18,19,21);1H. The highest BCUT2D eigenvalue weighted by Gasteiger charge is 2.28. The summed E-state index contributed by atoms with van der Waals surface area (Å²) in [6, 6.07) is 0.549. The fourth-order valence-electron chi connectivity index (χ4n) is 3.45. The topological polar surface area (TPSA) is 101 Å². The summed E-state index contributed by atoms with van der Waals surface area (Å²) in [6.45, 7) is 7.49. The van der Waals surface area contributed by atoms with Gasteiger partial charge >= 0.3 is 0 Å². The SMILES string of the molecule is CCC(C)NC(=NCC1CCS(=O)(=O)C1)NC1CCc2nc(C)nn2C1.I. The molecule has 1 fully saturated rings. The normalized spacial score (nSPS) is 25.4. The molecule has 0 radical (unpaired) electrons. The first-order valence-corrected chi connectivity index (χ1v) is 11.3. The molecule has 3 unspecified atom stereocenters. The zero-order chi connectivity index (χ0) is 18.7. The van der Waals surface area contributed by atoms with Gasteiger partial charge < -0.3 is 10.6 Å². The lowest BCUT2D eigenvalue weighted by Crippen LogP contribution is -2.49. The van der Waals surface area contributed by atoms with Crippen molar-refractivity contribution >= 4 is 39.8 Å². The summed E-state index contributed by atoms with van der Waals surface area (Å²) in [5.41, 5.74) is 0. The summed E-state index contributed by atoms with van der Waals surface area (Å²) in [5, 5.41) is 11.4. The average Bonchev–Trinajstić information content (AvgIpc) is 3.12. The molecule has 0 amide bonds. The van der Waals surface area contributed by atoms with Crippen LogP contribution in [-0.2, 0) is 22.8 Å². The minimum absolute atomic E-state index is 0. The molecule has 3 rings (SSSR count). The Kier molecular flexibility index (Phi) is 7.90. The molecule has 2 aliphatic rings. The Hall–Kier alpha value is -0.910. The van der Waals surface area contributed by atoms with Crippen molar-refractivity contribution in [1.82, 2.24) is 25.4 Å². The Morgan fingerprint density at radius 2 is 2.19 bits per heavy atom. The van der Waals surface area contributed by atoms with Crippen molar-refractivity contribution in [2.75, 3.05) is 18.1 Å². The van der Waals surface area contributed by atoms with Crippen LogP contribution in [0.25, 0.3) is 0 Å². The molecule has 8 nitrogen and oxygen atoms in total. The number of aliphatic imine (C=N–C) groups is 1. The lowest BCUT2D eigenvalue weighted by atomic mass is 10.1. The van der Waals surface area contributed by atoms with E-state index in [1.807, 2.05) is 11.6 Å². The van der Waals surface area contributed by atoms with Crippen molar-refractivity contribution in [2.45, 2.75) is 65.1 Å². The zero-order valence-electron chi connectivity index (χ0n) is 16.3. The maximum absolute atomic E-state index is 11.7. The van der Waals surface area contributed by atoms with Crippen molar-refractivity contribution < 1.29 is 8.42 Å². The summed E-state index contributed by atoms with van der Waals surface area (Å²) >= 11 is 0. The van der Waals surface area contributed by atoms with E-state index >= 15 is 0 Å². The number of sulfone groups is 1. The highest BCUT2D eigenvalue weighted by atomic mass is 127. The third-order valence-electron chi connectivity index (χ3n) is 5.13. The third kappa shape index (κ3) is 6.30. The van der Waals surface area contributed by atoms with Crippen LogP contribution in [0.3, 0.4) is 0 Å². The van der Waals surface area contributed by atoms with Crippen molar-refractivity contribution in [3.05, 3.63) is 11.6 Å². The number of halogens is 1. The second-order valence-corrected chi connectivity index (χ2v) is 9.78. The van der Waals surface area contributed by atoms with Gasteiger partial charge in [-0.05, 0) is 39.0 Å². The molecule has 3 atom stereocenters. The lowest BCUT2D eigenvalue weighted by molar-refractivity contribution is 0.390. The molecule has 0 saturated carbocycles. The van der Waals surface area contributed by atoms with Gasteiger partial charge in [-0.1, -0.05) is 6.92 Å². The highest BCUT2D eigenvalue weighted by Crippen LogP contribution is 2.18. The van der Waals surface area contributed by atoms with Crippen LogP contribution in [0, 0.1) is 12.8 Å². The third-order valence-corrected chi connectivity index (χ3v) is 6.97. The molecule has 0 aromatic carbocycles. The molecule has 1 aromatic rings. The molecule has 10 heteroatoms. The van der Waals surface area contributed by atoms with Crippen LogP contribution in [0.4, 0.5) is 0 Å². The van der Waals surface area contributed by atoms with Crippen LogP contribution in [0.1, 0.15) is 44.8 Å². The van der Waals surface area contributed by atoms with Crippen molar-refractivity contribution in [1.29, 1.82) is 0 Å². The molecule has 2 aliphatic heterocycles. The van der Waals surface area contributed by atoms with Gasteiger partial charge in [-0.25, -0.2) is 18.1 Å². The lowest BCUT2D eigenvalue weighted by Gasteiger charge is -2.27. The van der Waals surface area contributed by atoms with E-state index in [-0.39, 0.29) is 41.7 Å². The number of aromatic nitrogens is 3. The molecule has 0 bridgehead atoms. The quantitative estimate of drug-likeness (QED) is 0.352. The van der Waals surface area contributed by atoms with Crippen LogP contribution in [0.15, 0.2) is 4.99 Å². The average molecular weight is 510 g/mol. The molecule has 1 saturated heterocycles. The smallest absolute Gasteiger partial charge is 0.191 e. The number of aryl methyl sites for hydroxylation is 2. The first-order chi connectivity index (χ1) is 12.3. The molecule has 0 spiro atoms. The van der Waals surface area contributed by atoms with Gasteiger partial charge in [0.05, 0.1) is 18.1 Å². The molecule has 154 valence electrons. The van der Waals surface area contributed by atoms with Gasteiger partial charge in [-0.2, -0.15) is 5.10 Å². The monoisotopic (exact) mass is 510 g/mol. The minimum atomic E-state index is -2.86. The Morgan fingerprint density at radius 3 is 2.85 bits per heavy atom. The Bertz CT molecular complexity index is 763. The second kappa shape index (κ2) is 9.53. The van der Waals surface area contributed by atoms with Gasteiger partial charge in [0.2, 0.25) is 0 Å². The van der Waals surface area contributed by atoms with E-state index < -0.39 is 9.84 Å². The van der Waals surface area contributed by atoms with Gasteiger partial charge in [0, 0.05) is 25.0 Å². The fourth-order valence-corrected chi connectivity index (χ4v) is 5.30. The molecule has 3 heterocycles. The van der Waals surface area contributed by atoms with E-state index in [4.69, 9.17) is 4.99 Å². The second-order valence-electron chi connectivity index (χ2n) is 7.55. The molecule has 0 aliphatic carbocycles. The summed E-state index contributed by atoms with van der Waals surface area (Å²) in [4.78, 5) is 9.15. The molecule has 27 heavy (non-hydrogen) atoms. The van der Waals surface area contributed by atoms with E-state index in [9.17, 15) is 8.42 Å². The van der Waals surface area contributed by atoms with Crippen LogP contribution in [-0.4, -0.2) is 59.3 Å². The first-order valence-electron chi connectivity index (χ1n) is 9.53. The first kappa shape index (κ1) is 22.4. The predicted molar refractivity (Wildman–Crippen MR) is 117 cm³/mol. The van der Waals surface area contributed by atoms with Crippen molar-refractivity contribution in [3.8, 4) is 0 Å². The Balaban J connectivity index is 0.00000261. The van der Waals surface area contributed by atoms with Crippen LogP contribution < -0.4 is 10.6 Å². The van der Waals surface area contributed by atoms with Gasteiger partial charge in [-0.15, -0.1) is 24.0 Å². The van der Waals surface area contributed by atoms with E-state index in [1.54, 1.807) is 0 Å². The van der Waals surface area contributed by atoms with Crippen LogP contribution in [0.2, 0.25) is 0 Å². The Morgan fingerprint density at radius 1 is 1.41 bits per heavy atom. The van der Waals surface area contributed by atoms with Crippen LogP contribution >= 0.6 is 24.0 Å². The van der Waals surface area contributed by atoms with Gasteiger partial charge in [0.25, 0.3) is 0 Å². The number of nitrogens with zero attached hydrogens (tertiary/aromatic N) is 4. The number of hydrogen-bond donors (Lipinski definition) is 2. The highest BCUT2D eigenvalue weighted by molar-refractivity contribution is 14.0. The van der Waals surface area contributed by atoms with Gasteiger partial charge in [-0.3, -0.25) is 4.99 Å². The molecular formula is C17H31IN6O2S. The van der Waals surface area contributed by atoms with Crippen LogP contribution in [0.5, 0.6) is 0 Å². The maximum atomic E-state index is 11.7. The number of guanidine groups is 1. The van der Waals surface area contributed by atoms with Gasteiger partial charge in [0.1, 0.15) is 11.6 Å². The zero-order valence-corrected chi connectivity index (χ0v) is 19.5. The number of fused-ring (bicyclic) bond motifs is 1. The van der Waals surface area contributed by atoms with Crippen molar-refractivity contribution in [2.24, 2.45) is 10.9 Å². The fraction of sp³-hybridized carbons (Fsp3) is 0.824. The summed E-state index contributed by atoms with van der Waals surface area (Å²) in [7, 11) is -2.86. The summed E-state index contributed by atoms with van der Waals surface area (Å²) in [5.74, 6) is 3.32. The minimum Gasteiger partial charge on any atom is -0.354 e. The van der Waals surface area contributed by atoms with E-state index in [0.29, 0.717) is 24.8 Å². The number of hydrogen-bond acceptors (Lipinski definition) is 5. The molecule has 2 N–H and O–H groups in total. The van der Waals surface area contributed by atoms with E-state index in [1.165, 1.54) is 0 Å². The molecule has 1 aromatic heterocycles.